The van der Waals surface area contributed by atoms with Crippen LogP contribution in [0.5, 0.6) is 0 Å². The summed E-state index contributed by atoms with van der Waals surface area (Å²) >= 11 is 11.7. The molecule has 21 heavy (non-hydrogen) atoms. The monoisotopic (exact) mass is 325 g/mol. The summed E-state index contributed by atoms with van der Waals surface area (Å²) in [5.74, 6) is 0.541. The van der Waals surface area contributed by atoms with Crippen molar-refractivity contribution in [3.8, 4) is 0 Å². The molecule has 0 unspecified atom stereocenters. The van der Waals surface area contributed by atoms with Gasteiger partial charge in [0.2, 0.25) is 0 Å². The van der Waals surface area contributed by atoms with Gasteiger partial charge < -0.3 is 0 Å². The first kappa shape index (κ1) is 14.4. The molecule has 1 aromatic carbocycles. The van der Waals surface area contributed by atoms with Gasteiger partial charge in [0.25, 0.3) is 0 Å². The van der Waals surface area contributed by atoms with E-state index < -0.39 is 0 Å². The number of aromatic nitrogens is 3. The maximum atomic E-state index is 12.2. The molecule has 2 heterocycles. The van der Waals surface area contributed by atoms with Crippen LogP contribution < -0.4 is 5.69 Å². The largest absolute Gasteiger partial charge is 0.346 e. The van der Waals surface area contributed by atoms with Crippen LogP contribution in [0, 0.1) is 0 Å². The highest BCUT2D eigenvalue weighted by Crippen LogP contribution is 2.23. The van der Waals surface area contributed by atoms with Crippen molar-refractivity contribution in [2.75, 3.05) is 0 Å². The van der Waals surface area contributed by atoms with Gasteiger partial charge in [-0.3, -0.25) is 9.36 Å². The van der Waals surface area contributed by atoms with Gasteiger partial charge in [-0.1, -0.05) is 23.2 Å². The number of carbonyl (C=O) groups excluding carboxylic acids is 1. The summed E-state index contributed by atoms with van der Waals surface area (Å²) in [5, 5.41) is 4.95. The van der Waals surface area contributed by atoms with Crippen LogP contribution in [0.3, 0.4) is 0 Å². The van der Waals surface area contributed by atoms with Gasteiger partial charge in [0, 0.05) is 18.5 Å². The minimum atomic E-state index is -0.224. The summed E-state index contributed by atoms with van der Waals surface area (Å²) in [6.07, 6.45) is 2.78. The lowest BCUT2D eigenvalue weighted by atomic mass is 10.1. The molecule has 1 aliphatic heterocycles. The summed E-state index contributed by atoms with van der Waals surface area (Å²) < 4.78 is 2.87. The van der Waals surface area contributed by atoms with E-state index in [-0.39, 0.29) is 18.0 Å². The lowest BCUT2D eigenvalue weighted by molar-refractivity contribution is 0.0966. The SMILES string of the molecule is O=C(Cn1nc2n(c1=O)CCCC2)c1ccc(Cl)c(Cl)c1. The molecule has 7 heteroatoms. The van der Waals surface area contributed by atoms with Gasteiger partial charge >= 0.3 is 5.69 Å². The lowest BCUT2D eigenvalue weighted by Gasteiger charge is -2.09. The van der Waals surface area contributed by atoms with Crippen LogP contribution in [0.4, 0.5) is 0 Å². The molecule has 0 N–H and O–H groups in total. The Morgan fingerprint density at radius 3 is 2.76 bits per heavy atom. The maximum Gasteiger partial charge on any atom is 0.346 e. The number of hydrogen-bond acceptors (Lipinski definition) is 3. The predicted octanol–water partition coefficient (Wildman–Crippen LogP) is 2.57. The average Bonchev–Trinajstić information content (AvgIpc) is 2.79. The highest BCUT2D eigenvalue weighted by Gasteiger charge is 2.18. The molecule has 0 amide bonds. The van der Waals surface area contributed by atoms with Gasteiger partial charge in [-0.05, 0) is 31.0 Å². The highest BCUT2D eigenvalue weighted by atomic mass is 35.5. The molecular formula is C14H13Cl2N3O2. The molecule has 0 bridgehead atoms. The van der Waals surface area contributed by atoms with E-state index in [2.05, 4.69) is 5.10 Å². The van der Waals surface area contributed by atoms with E-state index >= 15 is 0 Å². The van der Waals surface area contributed by atoms with Crippen molar-refractivity contribution in [1.29, 1.82) is 0 Å². The lowest BCUT2D eigenvalue weighted by Crippen LogP contribution is -2.29. The quantitative estimate of drug-likeness (QED) is 0.815. The van der Waals surface area contributed by atoms with E-state index in [1.807, 2.05) is 0 Å². The molecular weight excluding hydrogens is 313 g/mol. The number of carbonyl (C=O) groups is 1. The Hall–Kier alpha value is -1.59. The van der Waals surface area contributed by atoms with E-state index in [4.69, 9.17) is 23.2 Å². The van der Waals surface area contributed by atoms with E-state index in [9.17, 15) is 9.59 Å². The summed E-state index contributed by atoms with van der Waals surface area (Å²) in [5.41, 5.74) is 0.195. The molecule has 0 saturated carbocycles. The number of Topliss-reactive ketones (excluding diaryl/α,β-unsaturated/α-hetero) is 1. The number of halogens is 2. The summed E-state index contributed by atoms with van der Waals surface area (Å²) in [7, 11) is 0. The first-order valence-electron chi connectivity index (χ1n) is 6.71. The van der Waals surface area contributed by atoms with Crippen LogP contribution in [-0.4, -0.2) is 20.1 Å². The number of nitrogens with zero attached hydrogens (tertiary/aromatic N) is 3. The molecule has 0 radical (unpaired) electrons. The zero-order chi connectivity index (χ0) is 15.0. The highest BCUT2D eigenvalue weighted by molar-refractivity contribution is 6.42. The topological polar surface area (TPSA) is 56.9 Å². The molecule has 110 valence electrons. The fraction of sp³-hybridized carbons (Fsp3) is 0.357. The van der Waals surface area contributed by atoms with Crippen molar-refractivity contribution < 1.29 is 4.79 Å². The molecule has 0 fully saturated rings. The Kier molecular flexibility index (Phi) is 3.87. The molecule has 1 aromatic heterocycles. The molecule has 0 spiro atoms. The molecule has 3 rings (SSSR count). The second kappa shape index (κ2) is 5.66. The number of rotatable bonds is 3. The molecule has 0 atom stereocenters. The van der Waals surface area contributed by atoms with Gasteiger partial charge in [0.05, 0.1) is 10.0 Å². The third-order valence-corrected chi connectivity index (χ3v) is 4.31. The van der Waals surface area contributed by atoms with Gasteiger partial charge in [-0.25, -0.2) is 9.48 Å². The minimum absolute atomic E-state index is 0.0865. The second-order valence-corrected chi connectivity index (χ2v) is 5.83. The molecule has 0 saturated heterocycles. The summed E-state index contributed by atoms with van der Waals surface area (Å²) in [6.45, 7) is 0.589. The van der Waals surface area contributed by atoms with Gasteiger partial charge in [-0.2, -0.15) is 5.10 Å². The summed E-state index contributed by atoms with van der Waals surface area (Å²) in [6, 6.07) is 4.67. The predicted molar refractivity (Wildman–Crippen MR) is 80.2 cm³/mol. The normalized spacial score (nSPS) is 14.0. The number of hydrogen-bond donors (Lipinski definition) is 0. The van der Waals surface area contributed by atoms with E-state index in [1.165, 1.54) is 10.7 Å². The van der Waals surface area contributed by atoms with Crippen molar-refractivity contribution >= 4 is 29.0 Å². The Morgan fingerprint density at radius 2 is 2.05 bits per heavy atom. The first-order valence-corrected chi connectivity index (χ1v) is 7.46. The fourth-order valence-electron chi connectivity index (χ4n) is 2.45. The van der Waals surface area contributed by atoms with Crippen LogP contribution in [0.1, 0.15) is 29.0 Å². The maximum absolute atomic E-state index is 12.2. The molecule has 1 aliphatic rings. The number of benzene rings is 1. The van der Waals surface area contributed by atoms with Crippen LogP contribution in [0.15, 0.2) is 23.0 Å². The van der Waals surface area contributed by atoms with Crippen molar-refractivity contribution in [3.05, 3.63) is 50.1 Å². The van der Waals surface area contributed by atoms with Crippen molar-refractivity contribution in [2.24, 2.45) is 0 Å². The van der Waals surface area contributed by atoms with E-state index in [0.29, 0.717) is 22.2 Å². The Morgan fingerprint density at radius 1 is 1.24 bits per heavy atom. The van der Waals surface area contributed by atoms with Crippen LogP contribution in [0.25, 0.3) is 0 Å². The Bertz CT molecular complexity index is 764. The van der Waals surface area contributed by atoms with Gasteiger partial charge in [0.15, 0.2) is 5.78 Å². The third kappa shape index (κ3) is 2.76. The van der Waals surface area contributed by atoms with E-state index in [1.54, 1.807) is 16.7 Å². The standard InChI is InChI=1S/C14H13Cl2N3O2/c15-10-5-4-9(7-11(10)16)12(20)8-19-14(21)18-6-2-1-3-13(18)17-19/h4-5,7H,1-3,6,8H2. The zero-order valence-electron chi connectivity index (χ0n) is 11.2. The molecule has 2 aromatic rings. The smallest absolute Gasteiger partial charge is 0.292 e. The zero-order valence-corrected chi connectivity index (χ0v) is 12.7. The minimum Gasteiger partial charge on any atom is -0.292 e. The molecule has 5 nitrogen and oxygen atoms in total. The summed E-state index contributed by atoms with van der Waals surface area (Å²) in [4.78, 5) is 24.4. The first-order chi connectivity index (χ1) is 10.1. The van der Waals surface area contributed by atoms with Crippen molar-refractivity contribution in [2.45, 2.75) is 32.4 Å². The van der Waals surface area contributed by atoms with E-state index in [0.717, 1.165) is 25.1 Å². The van der Waals surface area contributed by atoms with Gasteiger partial charge in [-0.15, -0.1) is 0 Å². The number of ketones is 1. The molecule has 0 aliphatic carbocycles. The van der Waals surface area contributed by atoms with Crippen LogP contribution >= 0.6 is 23.2 Å². The average molecular weight is 326 g/mol. The number of aryl methyl sites for hydroxylation is 1. The Balaban J connectivity index is 1.86. The second-order valence-electron chi connectivity index (χ2n) is 5.02. The van der Waals surface area contributed by atoms with Crippen LogP contribution in [0.2, 0.25) is 10.0 Å². The van der Waals surface area contributed by atoms with Crippen LogP contribution in [-0.2, 0) is 19.5 Å². The van der Waals surface area contributed by atoms with Crippen molar-refractivity contribution in [1.82, 2.24) is 14.3 Å². The Labute approximate surface area is 131 Å². The number of fused-ring (bicyclic) bond motifs is 1. The van der Waals surface area contributed by atoms with Gasteiger partial charge in [0.1, 0.15) is 12.4 Å². The van der Waals surface area contributed by atoms with Crippen molar-refractivity contribution in [3.63, 3.8) is 0 Å². The third-order valence-electron chi connectivity index (χ3n) is 3.57. The fourth-order valence-corrected chi connectivity index (χ4v) is 2.75.